The number of H-pyrrole nitrogens is 2. The molecule has 1 amide bonds. The molecule has 1 aliphatic heterocycles. The summed E-state index contributed by atoms with van der Waals surface area (Å²) in [6.07, 6.45) is 5.92. The molecule has 0 unspecified atom stereocenters. The Morgan fingerprint density at radius 2 is 1.81 bits per heavy atom. The van der Waals surface area contributed by atoms with Crippen LogP contribution in [0, 0.1) is 0 Å². The van der Waals surface area contributed by atoms with Crippen molar-refractivity contribution < 1.29 is 4.79 Å². The van der Waals surface area contributed by atoms with Gasteiger partial charge < -0.3 is 15.3 Å². The van der Waals surface area contributed by atoms with E-state index in [0.29, 0.717) is 6.54 Å². The number of benzene rings is 2. The van der Waals surface area contributed by atoms with Crippen LogP contribution >= 0.6 is 0 Å². The maximum absolute atomic E-state index is 11.6. The number of amides is 1. The molecule has 0 radical (unpaired) electrons. The Bertz CT molecular complexity index is 1430. The van der Waals surface area contributed by atoms with E-state index in [9.17, 15) is 4.79 Å². The average Bonchev–Trinajstić information content (AvgIpc) is 3.45. The highest BCUT2D eigenvalue weighted by atomic mass is 16.2. The molecule has 0 aliphatic carbocycles. The van der Waals surface area contributed by atoms with Gasteiger partial charge in [-0.05, 0) is 46.3 Å². The van der Waals surface area contributed by atoms with Gasteiger partial charge in [-0.1, -0.05) is 30.3 Å². The topological polar surface area (TPSA) is 76.8 Å². The molecular formula is C26H23N5O. The molecule has 0 bridgehead atoms. The lowest BCUT2D eigenvalue weighted by atomic mass is 10.0. The van der Waals surface area contributed by atoms with Crippen LogP contribution in [0.5, 0.6) is 0 Å². The normalized spacial score (nSPS) is 14.8. The Hall–Kier alpha value is -3.90. The van der Waals surface area contributed by atoms with Crippen molar-refractivity contribution in [2.45, 2.75) is 6.54 Å². The van der Waals surface area contributed by atoms with Gasteiger partial charge in [0.2, 0.25) is 5.91 Å². The molecule has 32 heavy (non-hydrogen) atoms. The SMILES string of the molecule is O=C1CN(Cc2ccc(-c3cnc4[nH]cc(-c5ccc6[nH]ccc6c5)c4c3)cc2)CCN1. The summed E-state index contributed by atoms with van der Waals surface area (Å²) < 4.78 is 0. The lowest BCUT2D eigenvalue weighted by Gasteiger charge is -2.26. The summed E-state index contributed by atoms with van der Waals surface area (Å²) in [5.74, 6) is 0.102. The number of hydrogen-bond acceptors (Lipinski definition) is 3. The Labute approximate surface area is 185 Å². The number of nitrogens with one attached hydrogen (secondary N) is 3. The van der Waals surface area contributed by atoms with Gasteiger partial charge in [0, 0.05) is 60.3 Å². The standard InChI is InChI=1S/C26H23N5O/c32-25-16-31(10-9-28-25)15-17-1-3-18(4-2-17)21-12-22-23(14-30-26(22)29-13-21)19-5-6-24-20(11-19)7-8-27-24/h1-8,11-14,27H,9-10,15-16H2,(H,28,32)(H,29,30). The first-order valence-corrected chi connectivity index (χ1v) is 10.9. The average molecular weight is 422 g/mol. The minimum atomic E-state index is 0.102. The van der Waals surface area contributed by atoms with Gasteiger partial charge in [-0.15, -0.1) is 0 Å². The molecular weight excluding hydrogens is 398 g/mol. The molecule has 1 saturated heterocycles. The van der Waals surface area contributed by atoms with Gasteiger partial charge in [0.15, 0.2) is 0 Å². The van der Waals surface area contributed by atoms with Gasteiger partial charge in [0.25, 0.3) is 0 Å². The highest BCUT2D eigenvalue weighted by Crippen LogP contribution is 2.32. The molecule has 6 heteroatoms. The van der Waals surface area contributed by atoms with Crippen LogP contribution in [0.15, 0.2) is 73.2 Å². The number of aromatic amines is 2. The van der Waals surface area contributed by atoms with E-state index in [-0.39, 0.29) is 5.91 Å². The van der Waals surface area contributed by atoms with Crippen LogP contribution in [0.1, 0.15) is 5.56 Å². The summed E-state index contributed by atoms with van der Waals surface area (Å²) in [5.41, 5.74) is 7.77. The monoisotopic (exact) mass is 421 g/mol. The van der Waals surface area contributed by atoms with Crippen LogP contribution in [0.3, 0.4) is 0 Å². The summed E-state index contributed by atoms with van der Waals surface area (Å²) >= 11 is 0. The van der Waals surface area contributed by atoms with Crippen molar-refractivity contribution in [3.63, 3.8) is 0 Å². The van der Waals surface area contributed by atoms with Crippen LogP contribution in [-0.2, 0) is 11.3 Å². The van der Waals surface area contributed by atoms with Gasteiger partial charge in [-0.3, -0.25) is 9.69 Å². The lowest BCUT2D eigenvalue weighted by Crippen LogP contribution is -2.47. The fraction of sp³-hybridized carbons (Fsp3) is 0.154. The summed E-state index contributed by atoms with van der Waals surface area (Å²) in [6.45, 7) is 2.86. The highest BCUT2D eigenvalue weighted by Gasteiger charge is 2.16. The molecule has 6 nitrogen and oxygen atoms in total. The third kappa shape index (κ3) is 3.44. The number of fused-ring (bicyclic) bond motifs is 2. The van der Waals surface area contributed by atoms with E-state index >= 15 is 0 Å². The maximum Gasteiger partial charge on any atom is 0.234 e. The number of nitrogens with zero attached hydrogens (tertiary/aromatic N) is 2. The molecule has 2 aromatic carbocycles. The second-order valence-corrected chi connectivity index (χ2v) is 8.36. The molecule has 4 heterocycles. The third-order valence-electron chi connectivity index (χ3n) is 6.21. The lowest BCUT2D eigenvalue weighted by molar-refractivity contribution is -0.124. The number of carbonyl (C=O) groups excluding carboxylic acids is 1. The van der Waals surface area contributed by atoms with Gasteiger partial charge in [0.1, 0.15) is 5.65 Å². The Morgan fingerprint density at radius 3 is 2.69 bits per heavy atom. The first kappa shape index (κ1) is 18.8. The number of hydrogen-bond donors (Lipinski definition) is 3. The van der Waals surface area contributed by atoms with Crippen molar-refractivity contribution in [2.75, 3.05) is 19.6 Å². The first-order chi connectivity index (χ1) is 15.7. The van der Waals surface area contributed by atoms with E-state index < -0.39 is 0 Å². The van der Waals surface area contributed by atoms with Crippen molar-refractivity contribution in [2.24, 2.45) is 0 Å². The molecule has 0 spiro atoms. The number of rotatable bonds is 4. The van der Waals surface area contributed by atoms with Crippen molar-refractivity contribution >= 4 is 27.8 Å². The number of pyridine rings is 1. The zero-order chi connectivity index (χ0) is 21.5. The Balaban J connectivity index is 1.30. The van der Waals surface area contributed by atoms with E-state index in [4.69, 9.17) is 0 Å². The van der Waals surface area contributed by atoms with Crippen LogP contribution in [0.2, 0.25) is 0 Å². The van der Waals surface area contributed by atoms with E-state index in [1.54, 1.807) is 0 Å². The van der Waals surface area contributed by atoms with Gasteiger partial charge in [-0.25, -0.2) is 4.98 Å². The Kier molecular flexibility index (Phi) is 4.51. The number of piperazine rings is 1. The fourth-order valence-corrected chi connectivity index (χ4v) is 4.51. The van der Waals surface area contributed by atoms with E-state index in [1.165, 1.54) is 16.5 Å². The van der Waals surface area contributed by atoms with E-state index in [2.05, 4.69) is 79.8 Å². The predicted molar refractivity (Wildman–Crippen MR) is 127 cm³/mol. The minimum absolute atomic E-state index is 0.102. The van der Waals surface area contributed by atoms with Crippen molar-refractivity contribution in [3.05, 3.63) is 78.8 Å². The number of aromatic nitrogens is 3. The van der Waals surface area contributed by atoms with Gasteiger partial charge in [0.05, 0.1) is 6.54 Å². The van der Waals surface area contributed by atoms with Crippen LogP contribution in [0.4, 0.5) is 0 Å². The molecule has 0 atom stereocenters. The second-order valence-electron chi connectivity index (χ2n) is 8.36. The molecule has 5 aromatic rings. The maximum atomic E-state index is 11.6. The van der Waals surface area contributed by atoms with E-state index in [0.717, 1.165) is 52.9 Å². The van der Waals surface area contributed by atoms with Crippen molar-refractivity contribution in [3.8, 4) is 22.3 Å². The highest BCUT2D eigenvalue weighted by molar-refractivity contribution is 5.98. The van der Waals surface area contributed by atoms with Crippen molar-refractivity contribution in [1.29, 1.82) is 0 Å². The molecule has 158 valence electrons. The van der Waals surface area contributed by atoms with Gasteiger partial charge >= 0.3 is 0 Å². The largest absolute Gasteiger partial charge is 0.361 e. The quantitative estimate of drug-likeness (QED) is 0.405. The smallest absolute Gasteiger partial charge is 0.234 e. The zero-order valence-electron chi connectivity index (χ0n) is 17.6. The summed E-state index contributed by atoms with van der Waals surface area (Å²) in [6, 6.07) is 19.3. The fourth-order valence-electron chi connectivity index (χ4n) is 4.51. The second kappa shape index (κ2) is 7.66. The predicted octanol–water partition coefficient (Wildman–Crippen LogP) is 4.31. The van der Waals surface area contributed by atoms with Crippen molar-refractivity contribution in [1.82, 2.24) is 25.2 Å². The molecule has 3 N–H and O–H groups in total. The zero-order valence-corrected chi connectivity index (χ0v) is 17.6. The molecule has 3 aromatic heterocycles. The van der Waals surface area contributed by atoms with Crippen LogP contribution in [0.25, 0.3) is 44.2 Å². The molecule has 1 aliphatic rings. The minimum Gasteiger partial charge on any atom is -0.361 e. The van der Waals surface area contributed by atoms with Crippen LogP contribution < -0.4 is 5.32 Å². The molecule has 1 fully saturated rings. The summed E-state index contributed by atoms with van der Waals surface area (Å²) in [7, 11) is 0. The van der Waals surface area contributed by atoms with Gasteiger partial charge in [-0.2, -0.15) is 0 Å². The first-order valence-electron chi connectivity index (χ1n) is 10.9. The van der Waals surface area contributed by atoms with E-state index in [1.807, 2.05) is 18.6 Å². The molecule has 6 rings (SSSR count). The van der Waals surface area contributed by atoms with Crippen LogP contribution in [-0.4, -0.2) is 45.4 Å². The Morgan fingerprint density at radius 1 is 0.938 bits per heavy atom. The molecule has 0 saturated carbocycles. The number of carbonyl (C=O) groups is 1. The summed E-state index contributed by atoms with van der Waals surface area (Å²) in [4.78, 5) is 25.0. The third-order valence-corrected chi connectivity index (χ3v) is 6.21. The summed E-state index contributed by atoms with van der Waals surface area (Å²) in [5, 5.41) is 5.18.